The minimum atomic E-state index is -0.373. The summed E-state index contributed by atoms with van der Waals surface area (Å²) in [5.74, 6) is 0.535. The molecule has 1 fully saturated rings. The molecule has 120 valence electrons. The second kappa shape index (κ2) is 5.42. The van der Waals surface area contributed by atoms with E-state index < -0.39 is 0 Å². The van der Waals surface area contributed by atoms with Crippen LogP contribution >= 0.6 is 0 Å². The van der Waals surface area contributed by atoms with E-state index in [1.807, 2.05) is 0 Å². The van der Waals surface area contributed by atoms with E-state index in [4.69, 9.17) is 9.47 Å². The van der Waals surface area contributed by atoms with Crippen LogP contribution in [0.15, 0.2) is 48.0 Å². The molecule has 0 spiro atoms. The van der Waals surface area contributed by atoms with Gasteiger partial charge in [-0.1, -0.05) is 12.1 Å². The SMILES string of the molecule is O=C1C/C(=C\c2cccc(O)c2)C(=O)N1c1ccc2c(c1)OCO2. The molecule has 1 saturated heterocycles. The van der Waals surface area contributed by atoms with Crippen LogP contribution in [0.3, 0.4) is 0 Å². The van der Waals surface area contributed by atoms with Crippen molar-refractivity contribution in [2.24, 2.45) is 0 Å². The van der Waals surface area contributed by atoms with Crippen LogP contribution in [0.25, 0.3) is 6.08 Å². The Balaban J connectivity index is 1.66. The maximum absolute atomic E-state index is 12.6. The number of phenols is 1. The van der Waals surface area contributed by atoms with Crippen molar-refractivity contribution in [3.8, 4) is 17.2 Å². The lowest BCUT2D eigenvalue weighted by Gasteiger charge is -2.13. The van der Waals surface area contributed by atoms with E-state index in [0.29, 0.717) is 28.3 Å². The van der Waals surface area contributed by atoms with Crippen LogP contribution in [-0.2, 0) is 9.59 Å². The summed E-state index contributed by atoms with van der Waals surface area (Å²) in [6, 6.07) is 11.5. The minimum Gasteiger partial charge on any atom is -0.508 e. The Labute approximate surface area is 137 Å². The molecule has 0 aliphatic carbocycles. The maximum Gasteiger partial charge on any atom is 0.261 e. The number of aromatic hydroxyl groups is 1. The van der Waals surface area contributed by atoms with E-state index in [-0.39, 0.29) is 30.8 Å². The number of nitrogens with zero attached hydrogens (tertiary/aromatic N) is 1. The monoisotopic (exact) mass is 323 g/mol. The number of carbonyl (C=O) groups is 2. The third-order valence-electron chi connectivity index (χ3n) is 3.89. The zero-order chi connectivity index (χ0) is 16.7. The van der Waals surface area contributed by atoms with Gasteiger partial charge in [0.05, 0.1) is 12.1 Å². The maximum atomic E-state index is 12.6. The standard InChI is InChI=1S/C18H13NO5/c20-14-3-1-2-11(7-14)6-12-8-17(21)19(18(12)22)13-4-5-15-16(9-13)24-10-23-15/h1-7,9,20H,8,10H2/b12-6+. The third kappa shape index (κ3) is 2.38. The van der Waals surface area contributed by atoms with E-state index in [1.54, 1.807) is 42.5 Å². The number of fused-ring (bicyclic) bond motifs is 1. The van der Waals surface area contributed by atoms with Crippen molar-refractivity contribution in [1.82, 2.24) is 0 Å². The Bertz CT molecular complexity index is 887. The van der Waals surface area contributed by atoms with Gasteiger partial charge < -0.3 is 14.6 Å². The Morgan fingerprint density at radius 1 is 1.04 bits per heavy atom. The number of hydrogen-bond donors (Lipinski definition) is 1. The number of imide groups is 1. The highest BCUT2D eigenvalue weighted by Gasteiger charge is 2.35. The van der Waals surface area contributed by atoms with Gasteiger partial charge >= 0.3 is 0 Å². The van der Waals surface area contributed by atoms with E-state index >= 15 is 0 Å². The van der Waals surface area contributed by atoms with Crippen molar-refractivity contribution in [3.63, 3.8) is 0 Å². The molecule has 2 aliphatic rings. The average molecular weight is 323 g/mol. The van der Waals surface area contributed by atoms with Gasteiger partial charge in [0.15, 0.2) is 11.5 Å². The fourth-order valence-corrected chi connectivity index (χ4v) is 2.79. The van der Waals surface area contributed by atoms with Gasteiger partial charge in [-0.25, -0.2) is 4.90 Å². The van der Waals surface area contributed by atoms with E-state index in [1.165, 1.54) is 6.07 Å². The molecule has 0 unspecified atom stereocenters. The quantitative estimate of drug-likeness (QED) is 0.679. The molecular weight excluding hydrogens is 310 g/mol. The van der Waals surface area contributed by atoms with Gasteiger partial charge in [-0.05, 0) is 35.9 Å². The highest BCUT2D eigenvalue weighted by Crippen LogP contribution is 2.37. The molecule has 4 rings (SSSR count). The number of rotatable bonds is 2. The van der Waals surface area contributed by atoms with Crippen LogP contribution in [0.1, 0.15) is 12.0 Å². The van der Waals surface area contributed by atoms with Crippen molar-refractivity contribution >= 4 is 23.6 Å². The molecule has 2 aromatic rings. The first-order valence-electron chi connectivity index (χ1n) is 7.38. The normalized spacial score (nSPS) is 17.8. The van der Waals surface area contributed by atoms with Crippen molar-refractivity contribution < 1.29 is 24.2 Å². The second-order valence-corrected chi connectivity index (χ2v) is 5.51. The summed E-state index contributed by atoms with van der Waals surface area (Å²) >= 11 is 0. The Hall–Kier alpha value is -3.28. The Kier molecular flexibility index (Phi) is 3.23. The van der Waals surface area contributed by atoms with Gasteiger partial charge in [0, 0.05) is 11.6 Å². The number of benzene rings is 2. The van der Waals surface area contributed by atoms with E-state index in [9.17, 15) is 14.7 Å². The first kappa shape index (κ1) is 14.3. The average Bonchev–Trinajstić information content (AvgIpc) is 3.12. The predicted octanol–water partition coefficient (Wildman–Crippen LogP) is 2.47. The molecule has 2 heterocycles. The molecule has 0 saturated carbocycles. The number of anilines is 1. The Morgan fingerprint density at radius 3 is 2.71 bits per heavy atom. The summed E-state index contributed by atoms with van der Waals surface area (Å²) in [7, 11) is 0. The van der Waals surface area contributed by atoms with Crippen LogP contribution in [0, 0.1) is 0 Å². The molecule has 24 heavy (non-hydrogen) atoms. The lowest BCUT2D eigenvalue weighted by Crippen LogP contribution is -2.28. The van der Waals surface area contributed by atoms with Crippen LogP contribution in [0.5, 0.6) is 17.2 Å². The smallest absolute Gasteiger partial charge is 0.261 e. The summed E-state index contributed by atoms with van der Waals surface area (Å²) in [5, 5.41) is 9.51. The van der Waals surface area contributed by atoms with Crippen LogP contribution in [0.4, 0.5) is 5.69 Å². The van der Waals surface area contributed by atoms with Gasteiger partial charge in [-0.15, -0.1) is 0 Å². The van der Waals surface area contributed by atoms with Crippen LogP contribution < -0.4 is 14.4 Å². The molecule has 1 N–H and O–H groups in total. The fourth-order valence-electron chi connectivity index (χ4n) is 2.79. The molecule has 6 heteroatoms. The lowest BCUT2D eigenvalue weighted by molar-refractivity contribution is -0.120. The molecule has 0 aromatic heterocycles. The lowest BCUT2D eigenvalue weighted by atomic mass is 10.1. The molecular formula is C18H13NO5. The van der Waals surface area contributed by atoms with Crippen LogP contribution in [0.2, 0.25) is 0 Å². The molecule has 0 radical (unpaired) electrons. The minimum absolute atomic E-state index is 0.0168. The van der Waals surface area contributed by atoms with E-state index in [0.717, 1.165) is 4.90 Å². The summed E-state index contributed by atoms with van der Waals surface area (Å²) in [6.45, 7) is 0.128. The molecule has 2 aromatic carbocycles. The first-order chi connectivity index (χ1) is 11.6. The number of carbonyl (C=O) groups excluding carboxylic acids is 2. The third-order valence-corrected chi connectivity index (χ3v) is 3.89. The number of hydrogen-bond acceptors (Lipinski definition) is 5. The topological polar surface area (TPSA) is 76.1 Å². The van der Waals surface area contributed by atoms with Crippen molar-refractivity contribution in [1.29, 1.82) is 0 Å². The van der Waals surface area contributed by atoms with E-state index in [2.05, 4.69) is 0 Å². The largest absolute Gasteiger partial charge is 0.508 e. The van der Waals surface area contributed by atoms with Gasteiger partial charge in [0.2, 0.25) is 12.7 Å². The first-order valence-corrected chi connectivity index (χ1v) is 7.38. The Morgan fingerprint density at radius 2 is 1.88 bits per heavy atom. The summed E-state index contributed by atoms with van der Waals surface area (Å²) in [5.41, 5.74) is 1.50. The molecule has 2 aliphatic heterocycles. The summed E-state index contributed by atoms with van der Waals surface area (Å²) < 4.78 is 10.5. The molecule has 0 bridgehead atoms. The summed E-state index contributed by atoms with van der Waals surface area (Å²) in [6.07, 6.45) is 1.63. The molecule has 2 amide bonds. The zero-order valence-corrected chi connectivity index (χ0v) is 12.6. The predicted molar refractivity (Wildman–Crippen MR) is 85.8 cm³/mol. The van der Waals surface area contributed by atoms with Gasteiger partial charge in [0.25, 0.3) is 5.91 Å². The van der Waals surface area contributed by atoms with Gasteiger partial charge in [-0.2, -0.15) is 0 Å². The fraction of sp³-hybridized carbons (Fsp3) is 0.111. The van der Waals surface area contributed by atoms with Crippen molar-refractivity contribution in [2.75, 3.05) is 11.7 Å². The number of phenolic OH excluding ortho intramolecular Hbond substituents is 1. The van der Waals surface area contributed by atoms with Crippen molar-refractivity contribution in [3.05, 3.63) is 53.6 Å². The molecule has 6 nitrogen and oxygen atoms in total. The second-order valence-electron chi connectivity index (χ2n) is 5.51. The highest BCUT2D eigenvalue weighted by molar-refractivity contribution is 6.29. The van der Waals surface area contributed by atoms with Gasteiger partial charge in [0.1, 0.15) is 5.75 Å². The van der Waals surface area contributed by atoms with Crippen LogP contribution in [-0.4, -0.2) is 23.7 Å². The summed E-state index contributed by atoms with van der Waals surface area (Å²) in [4.78, 5) is 26.0. The zero-order valence-electron chi connectivity index (χ0n) is 12.6. The van der Waals surface area contributed by atoms with Gasteiger partial charge in [-0.3, -0.25) is 9.59 Å². The molecule has 0 atom stereocenters. The number of ether oxygens (including phenoxy) is 2. The number of amides is 2. The van der Waals surface area contributed by atoms with Crippen molar-refractivity contribution in [2.45, 2.75) is 6.42 Å². The highest BCUT2D eigenvalue weighted by atomic mass is 16.7.